The van der Waals surface area contributed by atoms with E-state index in [-0.39, 0.29) is 6.61 Å². The summed E-state index contributed by atoms with van der Waals surface area (Å²) in [5.74, 6) is 0. The molecule has 0 unspecified atom stereocenters. The van der Waals surface area contributed by atoms with E-state index in [4.69, 9.17) is 5.11 Å². The van der Waals surface area contributed by atoms with Gasteiger partial charge in [-0.1, -0.05) is 36.5 Å². The summed E-state index contributed by atoms with van der Waals surface area (Å²) in [6.45, 7) is 2.28. The minimum Gasteiger partial charge on any atom is -0.396 e. The molecule has 0 aliphatic rings. The van der Waals surface area contributed by atoms with Gasteiger partial charge in [-0.05, 0) is 32.6 Å². The lowest BCUT2D eigenvalue weighted by Gasteiger charge is -1.89. The van der Waals surface area contributed by atoms with Gasteiger partial charge < -0.3 is 5.11 Å². The van der Waals surface area contributed by atoms with Crippen molar-refractivity contribution in [2.24, 2.45) is 0 Å². The zero-order chi connectivity index (χ0) is 9.78. The minimum atomic E-state index is 0.262. The van der Waals surface area contributed by atoms with Gasteiger partial charge in [0.2, 0.25) is 0 Å². The van der Waals surface area contributed by atoms with Crippen molar-refractivity contribution < 1.29 is 5.11 Å². The molecule has 74 valence electrons. The third-order valence-electron chi connectivity index (χ3n) is 1.64. The Balaban J connectivity index is 3.16. The van der Waals surface area contributed by atoms with E-state index in [9.17, 15) is 0 Å². The van der Waals surface area contributed by atoms with Crippen LogP contribution in [0.25, 0.3) is 0 Å². The van der Waals surface area contributed by atoms with Crippen LogP contribution in [0.15, 0.2) is 36.5 Å². The molecular weight excluding hydrogens is 160 g/mol. The highest BCUT2D eigenvalue weighted by atomic mass is 16.2. The summed E-state index contributed by atoms with van der Waals surface area (Å²) < 4.78 is 0. The molecule has 1 heteroatoms. The molecule has 1 N–H and O–H groups in total. The van der Waals surface area contributed by atoms with Crippen molar-refractivity contribution in [2.45, 2.75) is 32.6 Å². The van der Waals surface area contributed by atoms with Gasteiger partial charge in [-0.15, -0.1) is 0 Å². The molecule has 0 fully saturated rings. The first-order valence-electron chi connectivity index (χ1n) is 4.95. The summed E-state index contributed by atoms with van der Waals surface area (Å²) in [6.07, 6.45) is 16.7. The van der Waals surface area contributed by atoms with Crippen LogP contribution < -0.4 is 0 Å². The lowest BCUT2D eigenvalue weighted by molar-refractivity contribution is 0.302. The van der Waals surface area contributed by atoms with Crippen molar-refractivity contribution in [3.05, 3.63) is 36.5 Å². The largest absolute Gasteiger partial charge is 0.396 e. The second-order valence-corrected chi connectivity index (χ2v) is 2.87. The highest BCUT2D eigenvalue weighted by Crippen LogP contribution is 1.98. The molecule has 0 aliphatic heterocycles. The summed E-state index contributed by atoms with van der Waals surface area (Å²) >= 11 is 0. The maximum atomic E-state index is 8.50. The Morgan fingerprint density at radius 2 is 1.62 bits per heavy atom. The molecule has 0 aromatic heterocycles. The van der Waals surface area contributed by atoms with Crippen LogP contribution in [0.5, 0.6) is 0 Å². The van der Waals surface area contributed by atoms with Crippen LogP contribution in [0.2, 0.25) is 0 Å². The second kappa shape index (κ2) is 11.2. The summed E-state index contributed by atoms with van der Waals surface area (Å²) in [7, 11) is 0. The molecule has 0 heterocycles. The third-order valence-corrected chi connectivity index (χ3v) is 1.64. The van der Waals surface area contributed by atoms with Crippen LogP contribution in [-0.4, -0.2) is 11.7 Å². The topological polar surface area (TPSA) is 20.2 Å². The molecule has 13 heavy (non-hydrogen) atoms. The number of hydrogen-bond acceptors (Lipinski definition) is 1. The lowest BCUT2D eigenvalue weighted by Crippen LogP contribution is -1.75. The maximum Gasteiger partial charge on any atom is 0.0465 e. The molecule has 0 saturated heterocycles. The molecule has 0 saturated carbocycles. The van der Waals surface area contributed by atoms with Gasteiger partial charge in [0.25, 0.3) is 0 Å². The Kier molecular flexibility index (Phi) is 10.5. The van der Waals surface area contributed by atoms with Crippen LogP contribution in [0.3, 0.4) is 0 Å². The minimum absolute atomic E-state index is 0.262. The maximum absolute atomic E-state index is 8.50. The van der Waals surface area contributed by atoms with Gasteiger partial charge in [0.05, 0.1) is 0 Å². The molecule has 1 nitrogen and oxygen atoms in total. The zero-order valence-corrected chi connectivity index (χ0v) is 8.45. The highest BCUT2D eigenvalue weighted by molar-refractivity contribution is 5.00. The van der Waals surface area contributed by atoms with Crippen LogP contribution in [0.4, 0.5) is 0 Å². The molecule has 0 radical (unpaired) electrons. The van der Waals surface area contributed by atoms with Crippen LogP contribution in [0.1, 0.15) is 32.6 Å². The fourth-order valence-electron chi connectivity index (χ4n) is 0.950. The summed E-state index contributed by atoms with van der Waals surface area (Å²) in [5.41, 5.74) is 0. The van der Waals surface area contributed by atoms with Crippen molar-refractivity contribution in [3.8, 4) is 0 Å². The molecular formula is C12H20O. The molecule has 0 bridgehead atoms. The average Bonchev–Trinajstić information content (AvgIpc) is 2.16. The lowest BCUT2D eigenvalue weighted by atomic mass is 10.2. The van der Waals surface area contributed by atoms with Crippen LogP contribution in [-0.2, 0) is 0 Å². The molecule has 0 amide bonds. The van der Waals surface area contributed by atoms with Gasteiger partial charge in [-0.2, -0.15) is 0 Å². The number of aliphatic hydroxyl groups excluding tert-OH is 1. The van der Waals surface area contributed by atoms with Gasteiger partial charge in [0.15, 0.2) is 0 Å². The van der Waals surface area contributed by atoms with E-state index in [1.807, 2.05) is 25.2 Å². The number of allylic oxidation sites excluding steroid dienone is 5. The van der Waals surface area contributed by atoms with Crippen LogP contribution >= 0.6 is 0 Å². The number of hydrogen-bond donors (Lipinski definition) is 1. The predicted molar refractivity (Wildman–Crippen MR) is 58.6 cm³/mol. The molecule has 0 aliphatic carbocycles. The highest BCUT2D eigenvalue weighted by Gasteiger charge is 1.79. The smallest absolute Gasteiger partial charge is 0.0465 e. The quantitative estimate of drug-likeness (QED) is 0.362. The molecule has 0 rings (SSSR count). The Morgan fingerprint density at radius 1 is 0.923 bits per heavy atom. The fraction of sp³-hybridized carbons (Fsp3) is 0.500. The molecule has 0 spiro atoms. The molecule has 0 aromatic carbocycles. The number of unbranched alkanes of at least 4 members (excludes halogenated alkanes) is 2. The Bertz CT molecular complexity index is 166. The van der Waals surface area contributed by atoms with E-state index in [0.29, 0.717) is 0 Å². The standard InChI is InChI=1S/C12H20O/c1-2-3-4-5-6-7-8-9-10-11-12-13/h2-5,9-10,13H,6-8,11-12H2,1H3. The van der Waals surface area contributed by atoms with Gasteiger partial charge in [0.1, 0.15) is 0 Å². The predicted octanol–water partition coefficient (Wildman–Crippen LogP) is 3.23. The van der Waals surface area contributed by atoms with Gasteiger partial charge in [0, 0.05) is 6.61 Å². The third kappa shape index (κ3) is 11.2. The average molecular weight is 180 g/mol. The van der Waals surface area contributed by atoms with Gasteiger partial charge in [-0.3, -0.25) is 0 Å². The van der Waals surface area contributed by atoms with Crippen molar-refractivity contribution in [3.63, 3.8) is 0 Å². The van der Waals surface area contributed by atoms with E-state index < -0.39 is 0 Å². The number of aliphatic hydroxyl groups is 1. The molecule has 0 atom stereocenters. The van der Waals surface area contributed by atoms with E-state index in [0.717, 1.165) is 19.3 Å². The van der Waals surface area contributed by atoms with Crippen molar-refractivity contribution >= 4 is 0 Å². The van der Waals surface area contributed by atoms with Crippen molar-refractivity contribution in [1.29, 1.82) is 0 Å². The summed E-state index contributed by atoms with van der Waals surface area (Å²) in [6, 6.07) is 0. The first-order chi connectivity index (χ1) is 6.41. The van der Waals surface area contributed by atoms with E-state index in [2.05, 4.69) is 18.2 Å². The van der Waals surface area contributed by atoms with Crippen molar-refractivity contribution in [1.82, 2.24) is 0 Å². The second-order valence-electron chi connectivity index (χ2n) is 2.87. The fourth-order valence-corrected chi connectivity index (χ4v) is 0.950. The van der Waals surface area contributed by atoms with Gasteiger partial charge >= 0.3 is 0 Å². The number of rotatable bonds is 7. The van der Waals surface area contributed by atoms with E-state index >= 15 is 0 Å². The summed E-state index contributed by atoms with van der Waals surface area (Å²) in [4.78, 5) is 0. The first-order valence-corrected chi connectivity index (χ1v) is 4.95. The Morgan fingerprint density at radius 3 is 2.31 bits per heavy atom. The van der Waals surface area contributed by atoms with Crippen molar-refractivity contribution in [2.75, 3.05) is 6.61 Å². The normalized spacial score (nSPS) is 12.5. The van der Waals surface area contributed by atoms with E-state index in [1.165, 1.54) is 6.42 Å². The Hall–Kier alpha value is -0.820. The van der Waals surface area contributed by atoms with Crippen LogP contribution in [0, 0.1) is 0 Å². The summed E-state index contributed by atoms with van der Waals surface area (Å²) in [5, 5.41) is 8.50. The monoisotopic (exact) mass is 180 g/mol. The molecule has 0 aromatic rings. The zero-order valence-electron chi connectivity index (χ0n) is 8.45. The van der Waals surface area contributed by atoms with Gasteiger partial charge in [-0.25, -0.2) is 0 Å². The Labute approximate surface area is 81.5 Å². The SMILES string of the molecule is CC=CC=CCCCC=CCCO. The first kappa shape index (κ1) is 12.2. The van der Waals surface area contributed by atoms with E-state index in [1.54, 1.807) is 0 Å².